The standard InChI is InChI=1S/C70H136O17P2/c1-9-63(8)49-41-33-24-19-21-27-37-45-53-70(75)87-65(56-80-67(72)50-42-34-25-20-18-23-31-39-47-61(4)5)58-84-88(76,77)82-54-64(71)55-83-89(78,79)85-59-66(57-81-68(73)51-43-35-29-28-32-40-48-62(6)7)86-69(74)52-44-36-26-17-15-13-11-10-12-14-16-22-30-38-46-60(2)3/h60-66,71H,9-59H2,1-8H3,(H,76,77)(H,78,79)/t63?,64?,65-,66-/m1/s1. The fourth-order valence-corrected chi connectivity index (χ4v) is 12.0. The third kappa shape index (κ3) is 63.2. The summed E-state index contributed by atoms with van der Waals surface area (Å²) in [5.74, 6) is 0.838. The Balaban J connectivity index is 5.23. The van der Waals surface area contributed by atoms with Gasteiger partial charge in [-0.2, -0.15) is 0 Å². The number of carbonyl (C=O) groups is 4. The van der Waals surface area contributed by atoms with Crippen molar-refractivity contribution in [2.75, 3.05) is 39.6 Å². The number of hydrogen-bond donors (Lipinski definition) is 3. The maximum absolute atomic E-state index is 13.0. The van der Waals surface area contributed by atoms with Crippen LogP contribution in [0.3, 0.4) is 0 Å². The summed E-state index contributed by atoms with van der Waals surface area (Å²) < 4.78 is 68.2. The molecule has 17 nitrogen and oxygen atoms in total. The van der Waals surface area contributed by atoms with Crippen molar-refractivity contribution < 1.29 is 80.2 Å². The summed E-state index contributed by atoms with van der Waals surface area (Å²) in [5.41, 5.74) is 0. The summed E-state index contributed by atoms with van der Waals surface area (Å²) in [7, 11) is -9.90. The molecule has 0 bridgehead atoms. The van der Waals surface area contributed by atoms with Gasteiger partial charge in [0.2, 0.25) is 0 Å². The molecule has 3 N–H and O–H groups in total. The maximum Gasteiger partial charge on any atom is 0.472 e. The SMILES string of the molecule is CCC(C)CCCCCCCCCCC(=O)O[C@H](COC(=O)CCCCCCCCCCC(C)C)COP(=O)(O)OCC(O)COP(=O)(O)OC[C@@H](COC(=O)CCCCCCCCC(C)C)OC(=O)CCCCCCCCCCCCCCCCC(C)C. The van der Waals surface area contributed by atoms with Gasteiger partial charge in [0.1, 0.15) is 19.3 Å². The first-order valence-corrected chi connectivity index (χ1v) is 39.2. The van der Waals surface area contributed by atoms with Crippen molar-refractivity contribution in [2.24, 2.45) is 23.7 Å². The first kappa shape index (κ1) is 87.1. The second-order valence-electron chi connectivity index (χ2n) is 26.9. The monoisotopic (exact) mass is 1310 g/mol. The Hall–Kier alpha value is -1.94. The van der Waals surface area contributed by atoms with Crippen LogP contribution in [0.5, 0.6) is 0 Å². The Morgan fingerprint density at radius 3 is 0.798 bits per heavy atom. The smallest absolute Gasteiger partial charge is 0.462 e. The molecule has 0 spiro atoms. The van der Waals surface area contributed by atoms with E-state index in [1.807, 2.05) is 0 Å². The van der Waals surface area contributed by atoms with Gasteiger partial charge < -0.3 is 33.8 Å². The predicted molar refractivity (Wildman–Crippen MR) is 358 cm³/mol. The topological polar surface area (TPSA) is 237 Å². The summed E-state index contributed by atoms with van der Waals surface area (Å²) in [4.78, 5) is 72.5. The van der Waals surface area contributed by atoms with Gasteiger partial charge in [0, 0.05) is 25.7 Å². The molecule has 0 saturated carbocycles. The molecule has 0 saturated heterocycles. The number of phosphoric acid groups is 2. The molecule has 0 aromatic rings. The Bertz CT molecular complexity index is 1770. The summed E-state index contributed by atoms with van der Waals surface area (Å²) >= 11 is 0. The minimum absolute atomic E-state index is 0.104. The molecule has 0 aromatic carbocycles. The van der Waals surface area contributed by atoms with E-state index in [0.29, 0.717) is 31.6 Å². The Morgan fingerprint density at radius 2 is 0.539 bits per heavy atom. The number of hydrogen-bond acceptors (Lipinski definition) is 15. The fraction of sp³-hybridized carbons (Fsp3) is 0.943. The van der Waals surface area contributed by atoms with E-state index in [0.717, 1.165) is 114 Å². The fourth-order valence-electron chi connectivity index (χ4n) is 10.5. The predicted octanol–water partition coefficient (Wildman–Crippen LogP) is 19.7. The highest BCUT2D eigenvalue weighted by Gasteiger charge is 2.30. The largest absolute Gasteiger partial charge is 0.472 e. The zero-order chi connectivity index (χ0) is 66.1. The summed E-state index contributed by atoms with van der Waals surface area (Å²) in [6.45, 7) is 14.0. The van der Waals surface area contributed by atoms with Crippen LogP contribution in [0.25, 0.3) is 0 Å². The quantitative estimate of drug-likeness (QED) is 0.0222. The zero-order valence-electron chi connectivity index (χ0n) is 58.1. The van der Waals surface area contributed by atoms with E-state index in [1.165, 1.54) is 141 Å². The number of rotatable bonds is 67. The van der Waals surface area contributed by atoms with Gasteiger partial charge in [-0.25, -0.2) is 9.13 Å². The van der Waals surface area contributed by atoms with Crippen LogP contribution in [-0.4, -0.2) is 96.7 Å². The Kier molecular flexibility index (Phi) is 58.5. The van der Waals surface area contributed by atoms with Crippen LogP contribution in [0.1, 0.15) is 344 Å². The van der Waals surface area contributed by atoms with Crippen LogP contribution >= 0.6 is 15.6 Å². The van der Waals surface area contributed by atoms with Gasteiger partial charge in [0.05, 0.1) is 26.4 Å². The molecule has 0 radical (unpaired) electrons. The molecular weight excluding hydrogens is 1170 g/mol. The summed E-state index contributed by atoms with van der Waals surface area (Å²) in [5, 5.41) is 10.6. The van der Waals surface area contributed by atoms with Crippen molar-refractivity contribution in [1.82, 2.24) is 0 Å². The normalized spacial score (nSPS) is 14.6. The highest BCUT2D eigenvalue weighted by molar-refractivity contribution is 7.47. The number of unbranched alkanes of at least 4 members (excludes halogenated alkanes) is 32. The molecule has 19 heteroatoms. The van der Waals surface area contributed by atoms with Crippen LogP contribution in [-0.2, 0) is 65.4 Å². The third-order valence-corrected chi connectivity index (χ3v) is 18.3. The number of carbonyl (C=O) groups excluding carboxylic acids is 4. The molecule has 528 valence electrons. The van der Waals surface area contributed by atoms with Crippen molar-refractivity contribution in [3.05, 3.63) is 0 Å². The lowest BCUT2D eigenvalue weighted by atomic mass is 9.99. The molecule has 89 heavy (non-hydrogen) atoms. The van der Waals surface area contributed by atoms with Crippen LogP contribution in [0.15, 0.2) is 0 Å². The average Bonchev–Trinajstić information content (AvgIpc) is 3.64. The van der Waals surface area contributed by atoms with E-state index in [-0.39, 0.29) is 25.7 Å². The second kappa shape index (κ2) is 59.8. The molecule has 0 aliphatic carbocycles. The van der Waals surface area contributed by atoms with Gasteiger partial charge in [-0.05, 0) is 49.4 Å². The maximum atomic E-state index is 13.0. The van der Waals surface area contributed by atoms with E-state index < -0.39 is 97.5 Å². The van der Waals surface area contributed by atoms with Crippen LogP contribution in [0.4, 0.5) is 0 Å². The molecule has 0 aromatic heterocycles. The van der Waals surface area contributed by atoms with Gasteiger partial charge in [-0.15, -0.1) is 0 Å². The Morgan fingerprint density at radius 1 is 0.315 bits per heavy atom. The van der Waals surface area contributed by atoms with E-state index in [2.05, 4.69) is 55.4 Å². The van der Waals surface area contributed by atoms with Gasteiger partial charge in [-0.3, -0.25) is 37.3 Å². The van der Waals surface area contributed by atoms with Gasteiger partial charge in [0.25, 0.3) is 0 Å². The lowest BCUT2D eigenvalue weighted by Crippen LogP contribution is -2.30. The van der Waals surface area contributed by atoms with E-state index in [1.54, 1.807) is 0 Å². The Labute approximate surface area is 543 Å². The molecule has 6 atom stereocenters. The van der Waals surface area contributed by atoms with Gasteiger partial charge in [-0.1, -0.05) is 293 Å². The lowest BCUT2D eigenvalue weighted by Gasteiger charge is -2.21. The van der Waals surface area contributed by atoms with Crippen LogP contribution < -0.4 is 0 Å². The minimum Gasteiger partial charge on any atom is -0.462 e. The van der Waals surface area contributed by atoms with Crippen molar-refractivity contribution in [2.45, 2.75) is 363 Å². The minimum atomic E-state index is -4.95. The van der Waals surface area contributed by atoms with Crippen molar-refractivity contribution in [3.8, 4) is 0 Å². The molecular formula is C70H136O17P2. The molecule has 0 aliphatic heterocycles. The molecule has 4 unspecified atom stereocenters. The summed E-state index contributed by atoms with van der Waals surface area (Å²) in [6, 6.07) is 0. The first-order chi connectivity index (χ1) is 42.6. The number of esters is 4. The number of phosphoric ester groups is 2. The molecule has 0 amide bonds. The van der Waals surface area contributed by atoms with E-state index >= 15 is 0 Å². The van der Waals surface area contributed by atoms with Crippen molar-refractivity contribution in [3.63, 3.8) is 0 Å². The lowest BCUT2D eigenvalue weighted by molar-refractivity contribution is -0.161. The molecule has 0 aliphatic rings. The van der Waals surface area contributed by atoms with Gasteiger partial charge in [0.15, 0.2) is 12.2 Å². The number of ether oxygens (including phenoxy) is 4. The van der Waals surface area contributed by atoms with E-state index in [4.69, 9.17) is 37.0 Å². The molecule has 0 heterocycles. The molecule has 0 fully saturated rings. The molecule has 0 rings (SSSR count). The zero-order valence-corrected chi connectivity index (χ0v) is 59.8. The van der Waals surface area contributed by atoms with Crippen molar-refractivity contribution >= 4 is 39.5 Å². The van der Waals surface area contributed by atoms with Crippen LogP contribution in [0.2, 0.25) is 0 Å². The first-order valence-electron chi connectivity index (χ1n) is 36.2. The highest BCUT2D eigenvalue weighted by atomic mass is 31.2. The number of aliphatic hydroxyl groups excluding tert-OH is 1. The van der Waals surface area contributed by atoms with Crippen molar-refractivity contribution in [1.29, 1.82) is 0 Å². The summed E-state index contributed by atoms with van der Waals surface area (Å²) in [6.07, 6.45) is 41.8. The van der Waals surface area contributed by atoms with Crippen LogP contribution in [0, 0.1) is 23.7 Å². The van der Waals surface area contributed by atoms with E-state index in [9.17, 15) is 43.2 Å². The average molecular weight is 1310 g/mol. The second-order valence-corrected chi connectivity index (χ2v) is 29.8. The number of aliphatic hydroxyl groups is 1. The van der Waals surface area contributed by atoms with Gasteiger partial charge >= 0.3 is 39.5 Å². The third-order valence-electron chi connectivity index (χ3n) is 16.4. The highest BCUT2D eigenvalue weighted by Crippen LogP contribution is 2.45.